The predicted octanol–water partition coefficient (Wildman–Crippen LogP) is 0.830. The molecule has 0 amide bonds. The van der Waals surface area contributed by atoms with E-state index in [2.05, 4.69) is 0 Å². The Labute approximate surface area is 59.0 Å². The molecule has 1 saturated carbocycles. The second kappa shape index (κ2) is 2.08. The molecule has 0 spiro atoms. The number of ketones is 1. The Morgan fingerprint density at radius 1 is 1.40 bits per heavy atom. The lowest BCUT2D eigenvalue weighted by atomic mass is 9.66. The molecule has 1 aliphatic carbocycles. The molecule has 0 saturated heterocycles. The van der Waals surface area contributed by atoms with Crippen LogP contribution in [-0.4, -0.2) is 16.9 Å². The highest BCUT2D eigenvalue weighted by atomic mass is 16.4. The molecule has 0 aromatic carbocycles. The molecule has 0 unspecified atom stereocenters. The van der Waals surface area contributed by atoms with E-state index in [1.165, 1.54) is 6.92 Å². The van der Waals surface area contributed by atoms with E-state index in [1.54, 1.807) is 0 Å². The zero-order valence-electron chi connectivity index (χ0n) is 5.89. The van der Waals surface area contributed by atoms with Crippen LogP contribution in [0.15, 0.2) is 0 Å². The van der Waals surface area contributed by atoms with Gasteiger partial charge in [0.05, 0.1) is 0 Å². The van der Waals surface area contributed by atoms with Crippen molar-refractivity contribution in [1.82, 2.24) is 0 Å². The van der Waals surface area contributed by atoms with Crippen molar-refractivity contribution in [3.05, 3.63) is 0 Å². The van der Waals surface area contributed by atoms with E-state index in [1.807, 2.05) is 0 Å². The Bertz CT molecular complexity index is 163. The van der Waals surface area contributed by atoms with E-state index in [0.717, 1.165) is 6.42 Å². The highest BCUT2D eigenvalue weighted by Crippen LogP contribution is 2.41. The average Bonchev–Trinajstić information content (AvgIpc) is 1.57. The smallest absolute Gasteiger partial charge is 0.317 e. The Balaban J connectivity index is 2.78. The van der Waals surface area contributed by atoms with Crippen LogP contribution >= 0.6 is 0 Å². The standard InChI is InChI=1S/C7H10O3/c1-5(8)7(6(9)10)3-2-4-7/h2-4H2,1H3,(H,9,10). The topological polar surface area (TPSA) is 54.4 Å². The van der Waals surface area contributed by atoms with Crippen LogP contribution in [0, 0.1) is 5.41 Å². The highest BCUT2D eigenvalue weighted by Gasteiger charge is 2.48. The monoisotopic (exact) mass is 142 g/mol. The normalized spacial score (nSPS) is 21.3. The van der Waals surface area contributed by atoms with Gasteiger partial charge in [0.1, 0.15) is 11.2 Å². The van der Waals surface area contributed by atoms with Crippen LogP contribution < -0.4 is 0 Å². The van der Waals surface area contributed by atoms with Gasteiger partial charge < -0.3 is 5.11 Å². The molecule has 0 bridgehead atoms. The number of carbonyl (C=O) groups excluding carboxylic acids is 1. The summed E-state index contributed by atoms with van der Waals surface area (Å²) in [6.07, 6.45) is 1.92. The Morgan fingerprint density at radius 3 is 1.90 bits per heavy atom. The molecule has 1 fully saturated rings. The molecule has 1 aliphatic rings. The van der Waals surface area contributed by atoms with Crippen molar-refractivity contribution in [2.24, 2.45) is 5.41 Å². The van der Waals surface area contributed by atoms with Crippen molar-refractivity contribution in [2.75, 3.05) is 0 Å². The fraction of sp³-hybridized carbons (Fsp3) is 0.714. The van der Waals surface area contributed by atoms with Gasteiger partial charge in [0.2, 0.25) is 0 Å². The van der Waals surface area contributed by atoms with Crippen LogP contribution in [0.5, 0.6) is 0 Å². The van der Waals surface area contributed by atoms with Gasteiger partial charge in [0, 0.05) is 0 Å². The maximum Gasteiger partial charge on any atom is 0.317 e. The molecule has 0 aliphatic heterocycles. The van der Waals surface area contributed by atoms with Crippen LogP contribution in [0.3, 0.4) is 0 Å². The van der Waals surface area contributed by atoms with Crippen LogP contribution in [0.4, 0.5) is 0 Å². The zero-order chi connectivity index (χ0) is 7.78. The molecular formula is C7H10O3. The lowest BCUT2D eigenvalue weighted by Gasteiger charge is -2.34. The fourth-order valence-corrected chi connectivity index (χ4v) is 1.25. The van der Waals surface area contributed by atoms with Gasteiger partial charge in [-0.1, -0.05) is 6.42 Å². The van der Waals surface area contributed by atoms with E-state index >= 15 is 0 Å². The van der Waals surface area contributed by atoms with E-state index in [4.69, 9.17) is 5.11 Å². The number of carbonyl (C=O) groups is 2. The van der Waals surface area contributed by atoms with E-state index in [0.29, 0.717) is 12.8 Å². The first-order chi connectivity index (χ1) is 4.59. The molecule has 3 heteroatoms. The first-order valence-corrected chi connectivity index (χ1v) is 3.34. The predicted molar refractivity (Wildman–Crippen MR) is 34.6 cm³/mol. The molecule has 3 nitrogen and oxygen atoms in total. The zero-order valence-corrected chi connectivity index (χ0v) is 5.89. The third-order valence-corrected chi connectivity index (χ3v) is 2.29. The summed E-state index contributed by atoms with van der Waals surface area (Å²) < 4.78 is 0. The lowest BCUT2D eigenvalue weighted by Crippen LogP contribution is -2.43. The minimum Gasteiger partial charge on any atom is -0.480 e. The van der Waals surface area contributed by atoms with Crippen molar-refractivity contribution in [3.63, 3.8) is 0 Å². The summed E-state index contributed by atoms with van der Waals surface area (Å²) in [6, 6.07) is 0. The molecule has 0 aromatic rings. The van der Waals surface area contributed by atoms with Gasteiger partial charge in [0.15, 0.2) is 0 Å². The van der Waals surface area contributed by atoms with Crippen LogP contribution in [0.2, 0.25) is 0 Å². The molecule has 0 heterocycles. The second-order valence-corrected chi connectivity index (χ2v) is 2.80. The summed E-state index contributed by atoms with van der Waals surface area (Å²) in [5, 5.41) is 8.63. The van der Waals surface area contributed by atoms with Crippen molar-refractivity contribution in [2.45, 2.75) is 26.2 Å². The van der Waals surface area contributed by atoms with Gasteiger partial charge in [-0.25, -0.2) is 0 Å². The maximum atomic E-state index is 10.8. The molecule has 56 valence electrons. The maximum absolute atomic E-state index is 10.8. The van der Waals surface area contributed by atoms with Crippen molar-refractivity contribution < 1.29 is 14.7 Å². The number of hydrogen-bond donors (Lipinski definition) is 1. The van der Waals surface area contributed by atoms with Gasteiger partial charge in [-0.05, 0) is 19.8 Å². The van der Waals surface area contributed by atoms with E-state index in [-0.39, 0.29) is 5.78 Å². The number of hydrogen-bond acceptors (Lipinski definition) is 2. The Morgan fingerprint density at radius 2 is 1.90 bits per heavy atom. The van der Waals surface area contributed by atoms with Crippen molar-refractivity contribution >= 4 is 11.8 Å². The molecule has 1 N–H and O–H groups in total. The molecule has 0 aromatic heterocycles. The number of carboxylic acid groups (broad SMARTS) is 1. The third kappa shape index (κ3) is 0.735. The summed E-state index contributed by atoms with van der Waals surface area (Å²) >= 11 is 0. The number of rotatable bonds is 2. The van der Waals surface area contributed by atoms with Crippen LogP contribution in [0.1, 0.15) is 26.2 Å². The SMILES string of the molecule is CC(=O)C1(C(=O)O)CCC1. The third-order valence-electron chi connectivity index (χ3n) is 2.29. The number of carboxylic acids is 1. The largest absolute Gasteiger partial charge is 0.480 e. The van der Waals surface area contributed by atoms with Gasteiger partial charge >= 0.3 is 5.97 Å². The van der Waals surface area contributed by atoms with Gasteiger partial charge in [0.25, 0.3) is 0 Å². The minimum absolute atomic E-state index is 0.203. The quantitative estimate of drug-likeness (QED) is 0.581. The van der Waals surface area contributed by atoms with Crippen LogP contribution in [0.25, 0.3) is 0 Å². The molecular weight excluding hydrogens is 132 g/mol. The summed E-state index contributed by atoms with van der Waals surface area (Å²) in [7, 11) is 0. The summed E-state index contributed by atoms with van der Waals surface area (Å²) in [6.45, 7) is 1.35. The summed E-state index contributed by atoms with van der Waals surface area (Å²) in [5.74, 6) is -1.16. The molecule has 1 rings (SSSR count). The van der Waals surface area contributed by atoms with E-state index < -0.39 is 11.4 Å². The van der Waals surface area contributed by atoms with Gasteiger partial charge in [-0.3, -0.25) is 9.59 Å². The molecule has 0 atom stereocenters. The lowest BCUT2D eigenvalue weighted by molar-refractivity contribution is -0.160. The molecule has 0 radical (unpaired) electrons. The minimum atomic E-state index is -1.00. The Kier molecular flexibility index (Phi) is 1.50. The number of aliphatic carboxylic acids is 1. The highest BCUT2D eigenvalue weighted by molar-refractivity contribution is 6.02. The van der Waals surface area contributed by atoms with Gasteiger partial charge in [-0.15, -0.1) is 0 Å². The van der Waals surface area contributed by atoms with Crippen LogP contribution in [-0.2, 0) is 9.59 Å². The van der Waals surface area contributed by atoms with Gasteiger partial charge in [-0.2, -0.15) is 0 Å². The van der Waals surface area contributed by atoms with E-state index in [9.17, 15) is 9.59 Å². The first-order valence-electron chi connectivity index (χ1n) is 3.34. The first kappa shape index (κ1) is 7.25. The second-order valence-electron chi connectivity index (χ2n) is 2.80. The van der Waals surface area contributed by atoms with Crippen molar-refractivity contribution in [3.8, 4) is 0 Å². The summed E-state index contributed by atoms with van der Waals surface area (Å²) in [5.41, 5.74) is -1.00. The Hall–Kier alpha value is -0.860. The molecule has 10 heavy (non-hydrogen) atoms. The average molecular weight is 142 g/mol. The fourth-order valence-electron chi connectivity index (χ4n) is 1.25. The number of Topliss-reactive ketones (excluding diaryl/α,β-unsaturated/α-hetero) is 1. The summed E-state index contributed by atoms with van der Waals surface area (Å²) in [4.78, 5) is 21.3. The van der Waals surface area contributed by atoms with Crippen molar-refractivity contribution in [1.29, 1.82) is 0 Å².